The second kappa shape index (κ2) is 11.1. The Bertz CT molecular complexity index is 549. The van der Waals surface area contributed by atoms with E-state index in [4.69, 9.17) is 22.1 Å². The zero-order valence-corrected chi connectivity index (χ0v) is 17.1. The zero-order valence-electron chi connectivity index (χ0n) is 16.4. The van der Waals surface area contributed by atoms with Crippen LogP contribution in [-0.2, 0) is 23.9 Å². The average molecular weight is 410 g/mol. The van der Waals surface area contributed by atoms with Crippen LogP contribution < -0.4 is 11.2 Å². The Balaban J connectivity index is 5.21. The second-order valence-electron chi connectivity index (χ2n) is 7.60. The summed E-state index contributed by atoms with van der Waals surface area (Å²) in [4.78, 5) is 47.4. The van der Waals surface area contributed by atoms with Crippen LogP contribution in [0.5, 0.6) is 0 Å². The highest BCUT2D eigenvalue weighted by molar-refractivity contribution is 6.29. The van der Waals surface area contributed by atoms with E-state index in [-0.39, 0.29) is 25.3 Å². The van der Waals surface area contributed by atoms with E-state index in [9.17, 15) is 23.6 Å². The van der Waals surface area contributed by atoms with Crippen molar-refractivity contribution in [1.82, 2.24) is 10.4 Å². The van der Waals surface area contributed by atoms with Gasteiger partial charge < -0.3 is 10.5 Å². The summed E-state index contributed by atoms with van der Waals surface area (Å²) in [5, 5.41) is 0.604. The number of nitrogens with one attached hydrogen (secondary N) is 1. The number of amides is 3. The standard InChI is InChI=1S/C17H29ClFN3O5/c1-10(2)8-11(9-13(24)27-17(3,4)5)15(25)21-22(7-6-12(20)23)16(26)14(18)19/h10-11,14H,6-9H2,1-5H3,(H2,20,23)(H,21,25)/t11-,14?/m1/s1. The number of hydrogen-bond acceptors (Lipinski definition) is 5. The molecule has 0 aliphatic rings. The fraction of sp³-hybridized carbons (Fsp3) is 0.765. The molecule has 3 amide bonds. The highest BCUT2D eigenvalue weighted by Gasteiger charge is 2.30. The van der Waals surface area contributed by atoms with E-state index in [1.54, 1.807) is 20.8 Å². The lowest BCUT2D eigenvalue weighted by Gasteiger charge is -2.27. The van der Waals surface area contributed by atoms with Crippen LogP contribution in [0.4, 0.5) is 4.39 Å². The Morgan fingerprint density at radius 1 is 1.22 bits per heavy atom. The molecule has 0 aromatic rings. The summed E-state index contributed by atoms with van der Waals surface area (Å²) in [6.07, 6.45) is -0.168. The number of halogens is 2. The van der Waals surface area contributed by atoms with Crippen molar-refractivity contribution in [1.29, 1.82) is 0 Å². The number of nitrogens with two attached hydrogens (primary N) is 1. The number of carbonyl (C=O) groups excluding carboxylic acids is 4. The first-order chi connectivity index (χ1) is 12.2. The number of hydrogen-bond donors (Lipinski definition) is 2. The predicted octanol–water partition coefficient (Wildman–Crippen LogP) is 1.65. The normalized spacial score (nSPS) is 13.6. The van der Waals surface area contributed by atoms with Crippen molar-refractivity contribution in [3.8, 4) is 0 Å². The Hall–Kier alpha value is -1.90. The molecule has 0 aliphatic carbocycles. The lowest BCUT2D eigenvalue weighted by Crippen LogP contribution is -2.51. The number of rotatable bonds is 9. The van der Waals surface area contributed by atoms with E-state index in [0.717, 1.165) is 0 Å². The van der Waals surface area contributed by atoms with Crippen LogP contribution in [-0.4, -0.2) is 46.5 Å². The van der Waals surface area contributed by atoms with Gasteiger partial charge in [-0.3, -0.25) is 24.6 Å². The minimum Gasteiger partial charge on any atom is -0.460 e. The maximum Gasteiger partial charge on any atom is 0.307 e. The third-order valence-electron chi connectivity index (χ3n) is 3.24. The van der Waals surface area contributed by atoms with Crippen LogP contribution in [0.15, 0.2) is 0 Å². The van der Waals surface area contributed by atoms with Gasteiger partial charge in [-0.2, -0.15) is 0 Å². The molecule has 0 aliphatic heterocycles. The summed E-state index contributed by atoms with van der Waals surface area (Å²) in [5.74, 6) is -3.95. The van der Waals surface area contributed by atoms with Crippen molar-refractivity contribution in [3.63, 3.8) is 0 Å². The van der Waals surface area contributed by atoms with Gasteiger partial charge >= 0.3 is 5.97 Å². The van der Waals surface area contributed by atoms with E-state index < -0.39 is 40.8 Å². The quantitative estimate of drug-likeness (QED) is 0.341. The fourth-order valence-corrected chi connectivity index (χ4v) is 2.34. The molecule has 0 bridgehead atoms. The molecule has 0 fully saturated rings. The zero-order chi connectivity index (χ0) is 21.4. The minimum atomic E-state index is -2.40. The smallest absolute Gasteiger partial charge is 0.307 e. The largest absolute Gasteiger partial charge is 0.460 e. The van der Waals surface area contributed by atoms with Crippen LogP contribution in [0, 0.1) is 11.8 Å². The lowest BCUT2D eigenvalue weighted by molar-refractivity contribution is -0.158. The van der Waals surface area contributed by atoms with Gasteiger partial charge in [0, 0.05) is 6.42 Å². The Labute approximate surface area is 163 Å². The Morgan fingerprint density at radius 2 is 1.78 bits per heavy atom. The van der Waals surface area contributed by atoms with Gasteiger partial charge in [-0.15, -0.1) is 0 Å². The molecule has 1 unspecified atom stereocenters. The first-order valence-electron chi connectivity index (χ1n) is 8.63. The number of primary amides is 1. The molecule has 0 aromatic heterocycles. The maximum atomic E-state index is 13.2. The SMILES string of the molecule is CC(C)C[C@H](CC(=O)OC(C)(C)C)C(=O)NN(CCC(N)=O)C(=O)C(F)Cl. The Kier molecular flexibility index (Phi) is 10.3. The number of esters is 1. The monoisotopic (exact) mass is 409 g/mol. The van der Waals surface area contributed by atoms with Crippen molar-refractivity contribution >= 4 is 35.3 Å². The molecule has 0 spiro atoms. The molecule has 0 rings (SSSR count). The maximum absolute atomic E-state index is 13.2. The summed E-state index contributed by atoms with van der Waals surface area (Å²) < 4.78 is 18.4. The summed E-state index contributed by atoms with van der Waals surface area (Å²) in [7, 11) is 0. The number of hydrazine groups is 1. The molecular formula is C17H29ClFN3O5. The van der Waals surface area contributed by atoms with Gasteiger partial charge in [-0.05, 0) is 33.1 Å². The molecular weight excluding hydrogens is 381 g/mol. The van der Waals surface area contributed by atoms with Gasteiger partial charge in [0.25, 0.3) is 11.5 Å². The van der Waals surface area contributed by atoms with Crippen molar-refractivity contribution in [2.45, 2.75) is 65.1 Å². The van der Waals surface area contributed by atoms with E-state index >= 15 is 0 Å². The molecule has 0 aromatic carbocycles. The van der Waals surface area contributed by atoms with Crippen molar-refractivity contribution in [2.75, 3.05) is 6.54 Å². The molecule has 10 heteroatoms. The third kappa shape index (κ3) is 11.4. The third-order valence-corrected chi connectivity index (χ3v) is 3.43. The number of ether oxygens (including phenoxy) is 1. The summed E-state index contributed by atoms with van der Waals surface area (Å²) >= 11 is 5.14. The second-order valence-corrected chi connectivity index (χ2v) is 7.98. The van der Waals surface area contributed by atoms with Gasteiger partial charge in [0.15, 0.2) is 0 Å². The van der Waals surface area contributed by atoms with Crippen LogP contribution in [0.1, 0.15) is 53.9 Å². The van der Waals surface area contributed by atoms with Crippen LogP contribution in [0.25, 0.3) is 0 Å². The molecule has 156 valence electrons. The first kappa shape index (κ1) is 25.1. The molecule has 8 nitrogen and oxygen atoms in total. The molecule has 27 heavy (non-hydrogen) atoms. The van der Waals surface area contributed by atoms with E-state index in [1.807, 2.05) is 13.8 Å². The van der Waals surface area contributed by atoms with Gasteiger partial charge in [-0.25, -0.2) is 9.40 Å². The molecule has 0 radical (unpaired) electrons. The minimum absolute atomic E-state index is 0.0694. The van der Waals surface area contributed by atoms with Gasteiger partial charge in [0.1, 0.15) is 5.60 Å². The molecule has 0 heterocycles. The van der Waals surface area contributed by atoms with E-state index in [1.165, 1.54) is 0 Å². The van der Waals surface area contributed by atoms with E-state index in [2.05, 4.69) is 5.43 Å². The Morgan fingerprint density at radius 3 is 2.19 bits per heavy atom. The molecule has 3 N–H and O–H groups in total. The number of carbonyl (C=O) groups is 4. The van der Waals surface area contributed by atoms with Crippen molar-refractivity contribution in [3.05, 3.63) is 0 Å². The summed E-state index contributed by atoms with van der Waals surface area (Å²) in [6.45, 7) is 8.49. The highest BCUT2D eigenvalue weighted by atomic mass is 35.5. The topological polar surface area (TPSA) is 119 Å². The first-order valence-corrected chi connectivity index (χ1v) is 9.06. The molecule has 0 saturated carbocycles. The summed E-state index contributed by atoms with van der Waals surface area (Å²) in [5.41, 5.74) is 4.15. The number of alkyl halides is 2. The predicted molar refractivity (Wildman–Crippen MR) is 97.8 cm³/mol. The molecule has 0 saturated heterocycles. The van der Waals surface area contributed by atoms with Crippen molar-refractivity contribution < 1.29 is 28.3 Å². The van der Waals surface area contributed by atoms with Crippen LogP contribution in [0.2, 0.25) is 0 Å². The average Bonchev–Trinajstić information content (AvgIpc) is 2.47. The van der Waals surface area contributed by atoms with Gasteiger partial charge in [0.2, 0.25) is 11.8 Å². The number of nitrogens with zero attached hydrogens (tertiary/aromatic N) is 1. The molecule has 2 atom stereocenters. The van der Waals surface area contributed by atoms with E-state index in [0.29, 0.717) is 11.4 Å². The fourth-order valence-electron chi connectivity index (χ4n) is 2.22. The van der Waals surface area contributed by atoms with Gasteiger partial charge in [0.05, 0.1) is 18.9 Å². The van der Waals surface area contributed by atoms with Crippen molar-refractivity contribution in [2.24, 2.45) is 17.6 Å². The highest BCUT2D eigenvalue weighted by Crippen LogP contribution is 2.19. The summed E-state index contributed by atoms with van der Waals surface area (Å²) in [6, 6.07) is 0. The van der Waals surface area contributed by atoms with Crippen LogP contribution >= 0.6 is 11.6 Å². The lowest BCUT2D eigenvalue weighted by atomic mass is 9.93. The van der Waals surface area contributed by atoms with Crippen LogP contribution in [0.3, 0.4) is 0 Å². The van der Waals surface area contributed by atoms with Gasteiger partial charge in [-0.1, -0.05) is 25.4 Å².